The SMILES string of the molecule is COc1ccccc1Oc1ncnc(N(C)C)c1N. The Balaban J connectivity index is 2.36. The number of nitrogens with two attached hydrogens (primary N) is 1. The number of hydrogen-bond acceptors (Lipinski definition) is 6. The number of aromatic nitrogens is 2. The van der Waals surface area contributed by atoms with Gasteiger partial charge in [0.1, 0.15) is 12.0 Å². The molecule has 0 aliphatic heterocycles. The topological polar surface area (TPSA) is 73.5 Å². The molecule has 0 radical (unpaired) electrons. The van der Waals surface area contributed by atoms with E-state index in [4.69, 9.17) is 15.2 Å². The van der Waals surface area contributed by atoms with Gasteiger partial charge in [0.25, 0.3) is 0 Å². The van der Waals surface area contributed by atoms with Crippen LogP contribution in [0.2, 0.25) is 0 Å². The standard InChI is InChI=1S/C13H16N4O2/c1-17(2)12-11(14)13(16-8-15-12)19-10-7-5-4-6-9(10)18-3/h4-8H,14H2,1-3H3. The maximum absolute atomic E-state index is 5.99. The number of hydrogen-bond donors (Lipinski definition) is 1. The summed E-state index contributed by atoms with van der Waals surface area (Å²) in [6.45, 7) is 0. The maximum atomic E-state index is 5.99. The Morgan fingerprint density at radius 2 is 1.79 bits per heavy atom. The van der Waals surface area contributed by atoms with E-state index in [2.05, 4.69) is 9.97 Å². The molecular weight excluding hydrogens is 244 g/mol. The fourth-order valence-corrected chi connectivity index (χ4v) is 1.62. The van der Waals surface area contributed by atoms with Gasteiger partial charge in [-0.05, 0) is 12.1 Å². The van der Waals surface area contributed by atoms with Crippen molar-refractivity contribution in [2.24, 2.45) is 0 Å². The molecule has 0 aliphatic carbocycles. The summed E-state index contributed by atoms with van der Waals surface area (Å²) in [5.74, 6) is 2.09. The van der Waals surface area contributed by atoms with Crippen molar-refractivity contribution >= 4 is 11.5 Å². The van der Waals surface area contributed by atoms with Crippen molar-refractivity contribution in [3.63, 3.8) is 0 Å². The lowest BCUT2D eigenvalue weighted by Crippen LogP contribution is -2.14. The van der Waals surface area contributed by atoms with E-state index in [1.54, 1.807) is 24.1 Å². The van der Waals surface area contributed by atoms with Gasteiger partial charge in [0.15, 0.2) is 17.3 Å². The van der Waals surface area contributed by atoms with Crippen LogP contribution in [0.5, 0.6) is 17.4 Å². The van der Waals surface area contributed by atoms with Crippen molar-refractivity contribution in [3.8, 4) is 17.4 Å². The zero-order valence-corrected chi connectivity index (χ0v) is 11.1. The van der Waals surface area contributed by atoms with E-state index in [0.717, 1.165) is 0 Å². The second-order valence-electron chi connectivity index (χ2n) is 4.06. The quantitative estimate of drug-likeness (QED) is 0.905. The van der Waals surface area contributed by atoms with Gasteiger partial charge in [0.2, 0.25) is 5.88 Å². The van der Waals surface area contributed by atoms with Crippen molar-refractivity contribution in [1.82, 2.24) is 9.97 Å². The van der Waals surface area contributed by atoms with Crippen LogP contribution >= 0.6 is 0 Å². The summed E-state index contributed by atoms with van der Waals surface area (Å²) in [6, 6.07) is 7.30. The fraction of sp³-hybridized carbons (Fsp3) is 0.231. The molecule has 0 saturated carbocycles. The Labute approximate surface area is 111 Å². The lowest BCUT2D eigenvalue weighted by atomic mass is 10.3. The highest BCUT2D eigenvalue weighted by molar-refractivity contribution is 5.67. The highest BCUT2D eigenvalue weighted by Gasteiger charge is 2.13. The van der Waals surface area contributed by atoms with Crippen LogP contribution in [0, 0.1) is 0 Å². The van der Waals surface area contributed by atoms with Crippen molar-refractivity contribution in [2.45, 2.75) is 0 Å². The van der Waals surface area contributed by atoms with Crippen molar-refractivity contribution in [2.75, 3.05) is 31.8 Å². The molecule has 1 aromatic heterocycles. The molecule has 6 nitrogen and oxygen atoms in total. The molecule has 6 heteroatoms. The first-order chi connectivity index (χ1) is 9.13. The molecule has 0 fully saturated rings. The maximum Gasteiger partial charge on any atom is 0.248 e. The molecule has 0 bridgehead atoms. The highest BCUT2D eigenvalue weighted by Crippen LogP contribution is 2.34. The number of anilines is 2. The average Bonchev–Trinajstić information content (AvgIpc) is 2.41. The molecular formula is C13H16N4O2. The van der Waals surface area contributed by atoms with Gasteiger partial charge in [-0.3, -0.25) is 0 Å². The van der Waals surface area contributed by atoms with Crippen LogP contribution in [0.4, 0.5) is 11.5 Å². The van der Waals surface area contributed by atoms with Crippen LogP contribution in [-0.2, 0) is 0 Å². The van der Waals surface area contributed by atoms with E-state index in [1.807, 2.05) is 26.2 Å². The van der Waals surface area contributed by atoms with Crippen LogP contribution in [-0.4, -0.2) is 31.2 Å². The van der Waals surface area contributed by atoms with Crippen molar-refractivity contribution < 1.29 is 9.47 Å². The van der Waals surface area contributed by atoms with Gasteiger partial charge in [-0.15, -0.1) is 0 Å². The molecule has 1 aromatic carbocycles. The minimum absolute atomic E-state index is 0.309. The van der Waals surface area contributed by atoms with E-state index >= 15 is 0 Å². The number of ether oxygens (including phenoxy) is 2. The van der Waals surface area contributed by atoms with Gasteiger partial charge >= 0.3 is 0 Å². The third-order valence-electron chi connectivity index (χ3n) is 2.53. The van der Waals surface area contributed by atoms with E-state index in [-0.39, 0.29) is 0 Å². The molecule has 19 heavy (non-hydrogen) atoms. The third kappa shape index (κ3) is 2.67. The molecule has 1 heterocycles. The van der Waals surface area contributed by atoms with Crippen LogP contribution in [0.1, 0.15) is 0 Å². The van der Waals surface area contributed by atoms with E-state index in [1.165, 1.54) is 6.33 Å². The average molecular weight is 260 g/mol. The summed E-state index contributed by atoms with van der Waals surface area (Å²) in [5.41, 5.74) is 6.38. The first kappa shape index (κ1) is 12.9. The smallest absolute Gasteiger partial charge is 0.248 e. The zero-order valence-electron chi connectivity index (χ0n) is 11.1. The first-order valence-corrected chi connectivity index (χ1v) is 5.72. The van der Waals surface area contributed by atoms with Gasteiger partial charge in [0, 0.05) is 14.1 Å². The van der Waals surface area contributed by atoms with E-state index in [9.17, 15) is 0 Å². The number of nitrogens with zero attached hydrogens (tertiary/aromatic N) is 3. The minimum Gasteiger partial charge on any atom is -0.493 e. The summed E-state index contributed by atoms with van der Waals surface area (Å²) in [4.78, 5) is 9.95. The Hall–Kier alpha value is -2.50. The second kappa shape index (κ2) is 5.43. The van der Waals surface area contributed by atoms with Gasteiger partial charge in [-0.25, -0.2) is 4.98 Å². The molecule has 0 atom stereocenters. The van der Waals surface area contributed by atoms with E-state index < -0.39 is 0 Å². The minimum atomic E-state index is 0.309. The number of rotatable bonds is 4. The second-order valence-corrected chi connectivity index (χ2v) is 4.06. The van der Waals surface area contributed by atoms with Gasteiger partial charge in [0.05, 0.1) is 7.11 Å². The molecule has 0 saturated heterocycles. The lowest BCUT2D eigenvalue weighted by molar-refractivity contribution is 0.374. The van der Waals surface area contributed by atoms with Crippen molar-refractivity contribution in [3.05, 3.63) is 30.6 Å². The van der Waals surface area contributed by atoms with Crippen LogP contribution in [0.25, 0.3) is 0 Å². The largest absolute Gasteiger partial charge is 0.493 e. The highest BCUT2D eigenvalue weighted by atomic mass is 16.5. The lowest BCUT2D eigenvalue weighted by Gasteiger charge is -2.16. The molecule has 2 aromatic rings. The number of methoxy groups -OCH3 is 1. The summed E-state index contributed by atoms with van der Waals surface area (Å²) in [5, 5.41) is 0. The normalized spacial score (nSPS) is 10.1. The number of para-hydroxylation sites is 2. The molecule has 100 valence electrons. The van der Waals surface area contributed by atoms with Gasteiger partial charge in [-0.1, -0.05) is 12.1 Å². The predicted octanol–water partition coefficient (Wildman–Crippen LogP) is 1.93. The third-order valence-corrected chi connectivity index (χ3v) is 2.53. The number of benzene rings is 1. The Morgan fingerprint density at radius 1 is 1.11 bits per heavy atom. The summed E-state index contributed by atoms with van der Waals surface area (Å²) < 4.78 is 10.9. The zero-order chi connectivity index (χ0) is 13.8. The summed E-state index contributed by atoms with van der Waals surface area (Å²) in [7, 11) is 5.29. The van der Waals surface area contributed by atoms with Crippen LogP contribution in [0.15, 0.2) is 30.6 Å². The summed E-state index contributed by atoms with van der Waals surface area (Å²) in [6.07, 6.45) is 1.41. The van der Waals surface area contributed by atoms with Crippen LogP contribution < -0.4 is 20.1 Å². The molecule has 2 N–H and O–H groups in total. The predicted molar refractivity (Wildman–Crippen MR) is 73.8 cm³/mol. The molecule has 0 amide bonds. The fourth-order valence-electron chi connectivity index (χ4n) is 1.62. The van der Waals surface area contributed by atoms with Gasteiger partial charge < -0.3 is 20.1 Å². The molecule has 0 spiro atoms. The monoisotopic (exact) mass is 260 g/mol. The van der Waals surface area contributed by atoms with Crippen LogP contribution in [0.3, 0.4) is 0 Å². The van der Waals surface area contributed by atoms with Crippen molar-refractivity contribution in [1.29, 1.82) is 0 Å². The first-order valence-electron chi connectivity index (χ1n) is 5.72. The Kier molecular flexibility index (Phi) is 3.70. The van der Waals surface area contributed by atoms with Gasteiger partial charge in [-0.2, -0.15) is 4.98 Å². The molecule has 0 unspecified atom stereocenters. The Morgan fingerprint density at radius 3 is 2.42 bits per heavy atom. The molecule has 2 rings (SSSR count). The Bertz CT molecular complexity index is 572. The molecule has 0 aliphatic rings. The summed E-state index contributed by atoms with van der Waals surface area (Å²) >= 11 is 0. The number of nitrogen functional groups attached to an aromatic ring is 1. The van der Waals surface area contributed by atoms with E-state index in [0.29, 0.717) is 28.9 Å².